The maximum absolute atomic E-state index is 5.74. The fourth-order valence-corrected chi connectivity index (χ4v) is 21.2. The molecule has 0 amide bonds. The summed E-state index contributed by atoms with van der Waals surface area (Å²) in [6, 6.07) is 179. The van der Waals surface area contributed by atoms with Crippen molar-refractivity contribution >= 4 is 130 Å². The van der Waals surface area contributed by atoms with Crippen molar-refractivity contribution < 1.29 is 0 Å². The molecule has 0 bridgehead atoms. The molecule has 0 aliphatic carbocycles. The van der Waals surface area contributed by atoms with Gasteiger partial charge in [-0.3, -0.25) is 4.57 Å². The molecule has 4 heterocycles. The minimum Gasteiger partial charge on any atom is -0.292 e. The smallest absolute Gasteiger partial charge is 0.160 e. The van der Waals surface area contributed by atoms with Gasteiger partial charge in [0.15, 0.2) is 5.82 Å². The van der Waals surface area contributed by atoms with Crippen molar-refractivity contribution in [3.63, 3.8) is 0 Å². The molecule has 4 aromatic heterocycles. The summed E-state index contributed by atoms with van der Waals surface area (Å²) < 4.78 is 2.34. The standard InChI is InChI=1S/C68H43N3.C63H39N3/c1-4-20-45(21-5-1)65-67(46-22-6-2-7-23-46)71(68(70-65)47-24-8-3-9-25-47)50-38-36-44(37-39-50)59-43-64(62-41-49-27-11-13-29-52(49)54-31-15-17-33-56(54)62)69-66-58-35-19-18-34-57(58)61(42-63(59)66)60-40-48-26-10-12-28-51(48)53-30-14-16-32-55(53)60;1-3-17-41(18-4-1)59-39-60(66-63(65-59)43-19-5-2-6-20-43)42-33-31-40(32-34-42)54-38-61(57-36-45-22-8-10-24-47(45)49-26-12-14-28-51(49)57)64-62-53-30-16-15-29-52(53)56(37-58(54)62)55-35-44-21-7-9-23-46(44)48-25-11-13-27-50(48)55/h1-43H;1-39H. The van der Waals surface area contributed by atoms with Gasteiger partial charge in [-0.05, 0) is 208 Å². The molecule has 0 radical (unpaired) electrons. The van der Waals surface area contributed by atoms with Crippen LogP contribution in [0.3, 0.4) is 0 Å². The van der Waals surface area contributed by atoms with Gasteiger partial charge in [0.25, 0.3) is 0 Å². The van der Waals surface area contributed by atoms with Crippen LogP contribution in [-0.4, -0.2) is 29.5 Å². The molecule has 0 aliphatic heterocycles. The molecule has 6 heteroatoms. The first-order valence-corrected chi connectivity index (χ1v) is 46.8. The molecular weight excluding hydrogens is 1660 g/mol. The van der Waals surface area contributed by atoms with Gasteiger partial charge in [0.1, 0.15) is 5.82 Å². The van der Waals surface area contributed by atoms with Gasteiger partial charge in [-0.15, -0.1) is 0 Å². The predicted octanol–water partition coefficient (Wildman–Crippen LogP) is 35.0. The highest BCUT2D eigenvalue weighted by Crippen LogP contribution is 2.50. The van der Waals surface area contributed by atoms with E-state index in [1.165, 1.54) is 119 Å². The number of pyridine rings is 2. The summed E-state index contributed by atoms with van der Waals surface area (Å²) >= 11 is 0. The first-order chi connectivity index (χ1) is 67.9. The molecule has 636 valence electrons. The average Bonchev–Trinajstić information content (AvgIpc) is 1.43. The predicted molar refractivity (Wildman–Crippen MR) is 576 cm³/mol. The molecular formula is C131H82N6. The Morgan fingerprint density at radius 1 is 0.146 bits per heavy atom. The van der Waals surface area contributed by atoms with Crippen molar-refractivity contribution in [1.29, 1.82) is 0 Å². The Morgan fingerprint density at radius 3 is 0.818 bits per heavy atom. The second-order valence-electron chi connectivity index (χ2n) is 35.5. The van der Waals surface area contributed by atoms with Crippen LogP contribution in [-0.2, 0) is 0 Å². The minimum atomic E-state index is 0.698. The Morgan fingerprint density at radius 2 is 0.423 bits per heavy atom. The molecule has 6 nitrogen and oxygen atoms in total. The average molecular weight is 1740 g/mol. The highest BCUT2D eigenvalue weighted by molar-refractivity contribution is 6.25. The van der Waals surface area contributed by atoms with Gasteiger partial charge in [-0.25, -0.2) is 24.9 Å². The lowest BCUT2D eigenvalue weighted by Crippen LogP contribution is -2.00. The normalized spacial score (nSPS) is 11.6. The maximum atomic E-state index is 5.74. The van der Waals surface area contributed by atoms with Gasteiger partial charge in [-0.2, -0.15) is 0 Å². The van der Waals surface area contributed by atoms with Gasteiger partial charge >= 0.3 is 0 Å². The van der Waals surface area contributed by atoms with Crippen LogP contribution in [0, 0.1) is 0 Å². The Kier molecular flexibility index (Phi) is 19.5. The lowest BCUT2D eigenvalue weighted by atomic mass is 9.87. The molecule has 0 fully saturated rings. The van der Waals surface area contributed by atoms with Crippen LogP contribution in [0.25, 0.3) is 270 Å². The van der Waals surface area contributed by atoms with E-state index in [4.69, 9.17) is 24.9 Å². The van der Waals surface area contributed by atoms with Gasteiger partial charge in [0, 0.05) is 71.7 Å². The maximum Gasteiger partial charge on any atom is 0.160 e. The molecule has 27 aromatic rings. The fraction of sp³-hybridized carbons (Fsp3) is 0. The molecule has 137 heavy (non-hydrogen) atoms. The number of hydrogen-bond donors (Lipinski definition) is 0. The molecule has 0 saturated carbocycles. The quantitative estimate of drug-likeness (QED) is 0.108. The van der Waals surface area contributed by atoms with E-state index < -0.39 is 0 Å². The van der Waals surface area contributed by atoms with Crippen molar-refractivity contribution in [2.75, 3.05) is 0 Å². The zero-order valence-electron chi connectivity index (χ0n) is 74.5. The third-order valence-corrected chi connectivity index (χ3v) is 27.6. The summed E-state index contributed by atoms with van der Waals surface area (Å²) in [4.78, 5) is 27.1. The molecule has 23 aromatic carbocycles. The zero-order chi connectivity index (χ0) is 90.4. The van der Waals surface area contributed by atoms with E-state index in [2.05, 4.69) is 478 Å². The van der Waals surface area contributed by atoms with Crippen molar-refractivity contribution in [3.05, 3.63) is 497 Å². The van der Waals surface area contributed by atoms with Crippen molar-refractivity contribution in [2.45, 2.75) is 0 Å². The van der Waals surface area contributed by atoms with Gasteiger partial charge in [0.05, 0.1) is 45.2 Å². The topological polar surface area (TPSA) is 69.4 Å². The van der Waals surface area contributed by atoms with E-state index in [0.717, 1.165) is 145 Å². The molecule has 0 atom stereocenters. The highest BCUT2D eigenvalue weighted by Gasteiger charge is 2.27. The van der Waals surface area contributed by atoms with E-state index in [-0.39, 0.29) is 0 Å². The Hall–Kier alpha value is -18.2. The number of fused-ring (bicyclic) bond motifs is 18. The van der Waals surface area contributed by atoms with E-state index >= 15 is 0 Å². The minimum absolute atomic E-state index is 0.698. The van der Waals surface area contributed by atoms with Crippen molar-refractivity contribution in [1.82, 2.24) is 29.5 Å². The molecule has 0 saturated heterocycles. The summed E-state index contributed by atoms with van der Waals surface area (Å²) in [6.07, 6.45) is 0. The van der Waals surface area contributed by atoms with Crippen LogP contribution in [0.1, 0.15) is 0 Å². The summed E-state index contributed by atoms with van der Waals surface area (Å²) in [7, 11) is 0. The summed E-state index contributed by atoms with van der Waals surface area (Å²) in [5, 5.41) is 26.3. The summed E-state index contributed by atoms with van der Waals surface area (Å²) in [5.41, 5.74) is 26.3. The fourth-order valence-electron chi connectivity index (χ4n) is 21.2. The van der Waals surface area contributed by atoms with Gasteiger partial charge in [-0.1, -0.05) is 431 Å². The molecule has 0 unspecified atom stereocenters. The van der Waals surface area contributed by atoms with Crippen LogP contribution in [0.4, 0.5) is 0 Å². The molecule has 0 N–H and O–H groups in total. The van der Waals surface area contributed by atoms with Crippen LogP contribution >= 0.6 is 0 Å². The second-order valence-corrected chi connectivity index (χ2v) is 35.5. The number of imidazole rings is 1. The second kappa shape index (κ2) is 33.6. The number of benzene rings is 23. The van der Waals surface area contributed by atoms with E-state index in [1.54, 1.807) is 0 Å². The number of aromatic nitrogens is 6. The lowest BCUT2D eigenvalue weighted by Gasteiger charge is -2.19. The third kappa shape index (κ3) is 14.0. The van der Waals surface area contributed by atoms with E-state index in [9.17, 15) is 0 Å². The largest absolute Gasteiger partial charge is 0.292 e. The first kappa shape index (κ1) is 79.7. The first-order valence-electron chi connectivity index (χ1n) is 46.8. The number of nitrogens with zero attached hydrogens (tertiary/aromatic N) is 6. The SMILES string of the molecule is c1ccc(-c2cc(-c3ccc(-c4cc(-c5cc6ccccc6c6ccccc56)nc5c4cc(-c4cc6ccccc6c6ccccc46)c4ccccc45)cc3)nc(-c3ccccc3)n2)cc1.c1ccc(-c2nc(-c3ccccc3)n(-c3ccc(-c4cc(-c5cc6ccccc6c6ccccc56)nc5c4cc(-c4cc6ccccc6c6ccccc46)c4ccccc45)cc3)c2-c2ccccc2)cc1. The summed E-state index contributed by atoms with van der Waals surface area (Å²) in [6.45, 7) is 0. The molecule has 27 rings (SSSR count). The lowest BCUT2D eigenvalue weighted by molar-refractivity contribution is 1.07. The Bertz CT molecular complexity index is 9430. The van der Waals surface area contributed by atoms with Crippen LogP contribution in [0.15, 0.2) is 497 Å². The van der Waals surface area contributed by atoms with E-state index in [1.807, 2.05) is 24.3 Å². The summed E-state index contributed by atoms with van der Waals surface area (Å²) in [5.74, 6) is 1.58. The van der Waals surface area contributed by atoms with Crippen LogP contribution < -0.4 is 0 Å². The monoisotopic (exact) mass is 1740 g/mol. The van der Waals surface area contributed by atoms with Crippen LogP contribution in [0.2, 0.25) is 0 Å². The van der Waals surface area contributed by atoms with Gasteiger partial charge < -0.3 is 0 Å². The molecule has 0 spiro atoms. The molecule has 0 aliphatic rings. The highest BCUT2D eigenvalue weighted by atomic mass is 15.1. The van der Waals surface area contributed by atoms with Crippen LogP contribution in [0.5, 0.6) is 0 Å². The third-order valence-electron chi connectivity index (χ3n) is 27.6. The zero-order valence-corrected chi connectivity index (χ0v) is 74.5. The number of hydrogen-bond acceptors (Lipinski definition) is 5. The number of rotatable bonds is 13. The van der Waals surface area contributed by atoms with Gasteiger partial charge in [0.2, 0.25) is 0 Å². The van der Waals surface area contributed by atoms with Crippen molar-refractivity contribution in [2.24, 2.45) is 0 Å². The van der Waals surface area contributed by atoms with E-state index in [0.29, 0.717) is 5.82 Å². The Labute approximate surface area is 791 Å². The van der Waals surface area contributed by atoms with Crippen molar-refractivity contribution in [3.8, 4) is 141 Å². The Balaban J connectivity index is 0.000000142.